The fraction of sp³-hybridized carbons (Fsp3) is 0.143. The number of benzene rings is 3. The molecule has 0 aromatic heterocycles. The van der Waals surface area contributed by atoms with Crippen molar-refractivity contribution in [1.29, 1.82) is 5.41 Å². The quantitative estimate of drug-likeness (QED) is 0.244. The minimum Gasteiger partial charge on any atom is -0.340 e. The zero-order chi connectivity index (χ0) is 22.2. The maximum Gasteiger partial charge on any atom is 0.133 e. The van der Waals surface area contributed by atoms with Gasteiger partial charge in [0, 0.05) is 24.0 Å². The van der Waals surface area contributed by atoms with E-state index in [-0.39, 0.29) is 0 Å². The number of amidine groups is 1. The molecule has 31 heavy (non-hydrogen) atoms. The molecule has 0 heterocycles. The van der Waals surface area contributed by atoms with Gasteiger partial charge in [0.15, 0.2) is 0 Å². The van der Waals surface area contributed by atoms with Crippen molar-refractivity contribution >= 4 is 23.3 Å². The summed E-state index contributed by atoms with van der Waals surface area (Å²) in [5.41, 5.74) is 8.41. The van der Waals surface area contributed by atoms with E-state index in [9.17, 15) is 0 Å². The van der Waals surface area contributed by atoms with Crippen LogP contribution in [0.3, 0.4) is 0 Å². The molecule has 3 rings (SSSR count). The van der Waals surface area contributed by atoms with E-state index in [2.05, 4.69) is 73.4 Å². The number of rotatable bonds is 7. The Balaban J connectivity index is 1.95. The Morgan fingerprint density at radius 3 is 2.06 bits per heavy atom. The predicted molar refractivity (Wildman–Crippen MR) is 135 cm³/mol. The number of nitrogens with one attached hydrogen (secondary N) is 2. The molecule has 0 atom stereocenters. The Morgan fingerprint density at radius 1 is 0.935 bits per heavy atom. The monoisotopic (exact) mass is 407 g/mol. The second-order valence-electron chi connectivity index (χ2n) is 7.38. The van der Waals surface area contributed by atoms with Crippen LogP contribution in [0.2, 0.25) is 0 Å². The van der Waals surface area contributed by atoms with Crippen LogP contribution in [0.15, 0.2) is 96.0 Å². The summed E-state index contributed by atoms with van der Waals surface area (Å²) in [4.78, 5) is 4.73. The molecule has 156 valence electrons. The fourth-order valence-corrected chi connectivity index (χ4v) is 3.46. The van der Waals surface area contributed by atoms with Gasteiger partial charge in [-0.3, -0.25) is 4.99 Å². The first-order chi connectivity index (χ1) is 15.1. The topological polar surface area (TPSA) is 48.2 Å². The molecule has 0 aliphatic carbocycles. The summed E-state index contributed by atoms with van der Waals surface area (Å²) in [5, 5.41) is 11.2. The van der Waals surface area contributed by atoms with E-state index in [1.165, 1.54) is 22.9 Å². The molecule has 3 heteroatoms. The third kappa shape index (κ3) is 5.26. The zero-order valence-corrected chi connectivity index (χ0v) is 18.4. The number of hydrogen-bond donors (Lipinski definition) is 2. The van der Waals surface area contributed by atoms with Crippen LogP contribution in [0.1, 0.15) is 30.5 Å². The molecule has 0 aliphatic rings. The van der Waals surface area contributed by atoms with Gasteiger partial charge < -0.3 is 10.7 Å². The minimum absolute atomic E-state index is 0.662. The van der Waals surface area contributed by atoms with Gasteiger partial charge in [0.2, 0.25) is 0 Å². The average Bonchev–Trinajstić information content (AvgIpc) is 2.80. The fourth-order valence-electron chi connectivity index (χ4n) is 3.46. The first-order valence-electron chi connectivity index (χ1n) is 10.5. The molecule has 0 saturated heterocycles. The van der Waals surface area contributed by atoms with Gasteiger partial charge in [0.25, 0.3) is 0 Å². The van der Waals surface area contributed by atoms with Gasteiger partial charge in [0.1, 0.15) is 5.84 Å². The number of nitrogens with zero attached hydrogens (tertiary/aromatic N) is 1. The van der Waals surface area contributed by atoms with Gasteiger partial charge in [-0.15, -0.1) is 0 Å². The first kappa shape index (κ1) is 22.0. The van der Waals surface area contributed by atoms with E-state index >= 15 is 0 Å². The molecule has 3 aromatic carbocycles. The Morgan fingerprint density at radius 2 is 1.52 bits per heavy atom. The van der Waals surface area contributed by atoms with Crippen molar-refractivity contribution in [1.82, 2.24) is 0 Å². The highest BCUT2D eigenvalue weighted by atomic mass is 15.0. The van der Waals surface area contributed by atoms with Gasteiger partial charge in [-0.25, -0.2) is 0 Å². The summed E-state index contributed by atoms with van der Waals surface area (Å²) in [6.07, 6.45) is 3.17. The maximum atomic E-state index is 7.66. The molecule has 0 amide bonds. The van der Waals surface area contributed by atoms with Gasteiger partial charge in [-0.1, -0.05) is 78.9 Å². The van der Waals surface area contributed by atoms with Crippen LogP contribution in [0.4, 0.5) is 5.69 Å². The highest BCUT2D eigenvalue weighted by Crippen LogP contribution is 2.26. The molecule has 0 aliphatic heterocycles. The summed E-state index contributed by atoms with van der Waals surface area (Å²) in [6.45, 7) is 10.7. The SMILES string of the molecule is C=C/C(=C(/C)C=N)c1ccccc1C(=NCC)Nc1ccc(-c2ccc(C)cc2)cc1. The number of hydrogen-bond acceptors (Lipinski definition) is 2. The standard InChI is InChI=1S/C28H29N3/c1-5-25(21(4)19-29)26-9-7-8-10-27(26)28(30-6-2)31-24-17-15-23(16-18-24)22-13-11-20(3)12-14-22/h5,7-19,29H,1,6H2,2-4H3,(H,30,31)/b25-21+,29-19?. The van der Waals surface area contributed by atoms with Crippen molar-refractivity contribution < 1.29 is 0 Å². The second-order valence-corrected chi connectivity index (χ2v) is 7.38. The highest BCUT2D eigenvalue weighted by Gasteiger charge is 2.13. The van der Waals surface area contributed by atoms with E-state index in [0.717, 1.165) is 33.8 Å². The maximum absolute atomic E-state index is 7.66. The summed E-state index contributed by atoms with van der Waals surface area (Å²) in [7, 11) is 0. The lowest BCUT2D eigenvalue weighted by molar-refractivity contribution is 1.13. The van der Waals surface area contributed by atoms with Crippen LogP contribution in [0, 0.1) is 12.3 Å². The van der Waals surface area contributed by atoms with Crippen LogP contribution in [-0.2, 0) is 0 Å². The Kier molecular flexibility index (Phi) is 7.34. The van der Waals surface area contributed by atoms with E-state index in [4.69, 9.17) is 10.4 Å². The average molecular weight is 408 g/mol. The lowest BCUT2D eigenvalue weighted by Crippen LogP contribution is -2.16. The molecule has 0 spiro atoms. The number of anilines is 1. The normalized spacial score (nSPS) is 12.2. The molecule has 0 fully saturated rings. The Hall–Kier alpha value is -3.72. The van der Waals surface area contributed by atoms with Gasteiger partial charge in [0.05, 0.1) is 0 Å². The molecule has 3 aromatic rings. The molecule has 0 bridgehead atoms. The minimum atomic E-state index is 0.662. The van der Waals surface area contributed by atoms with Crippen molar-refractivity contribution in [3.05, 3.63) is 108 Å². The molecule has 0 unspecified atom stereocenters. The largest absolute Gasteiger partial charge is 0.340 e. The Labute approximate surface area is 185 Å². The van der Waals surface area contributed by atoms with E-state index in [1.807, 2.05) is 32.0 Å². The third-order valence-corrected chi connectivity index (χ3v) is 5.17. The van der Waals surface area contributed by atoms with Crippen LogP contribution in [0.5, 0.6) is 0 Å². The summed E-state index contributed by atoms with van der Waals surface area (Å²) < 4.78 is 0. The molecular formula is C28H29N3. The van der Waals surface area contributed by atoms with Crippen molar-refractivity contribution in [3.63, 3.8) is 0 Å². The van der Waals surface area contributed by atoms with Crippen LogP contribution >= 0.6 is 0 Å². The van der Waals surface area contributed by atoms with Crippen molar-refractivity contribution in [2.45, 2.75) is 20.8 Å². The lowest BCUT2D eigenvalue weighted by atomic mass is 9.95. The molecule has 0 radical (unpaired) electrons. The molecular weight excluding hydrogens is 378 g/mol. The third-order valence-electron chi connectivity index (χ3n) is 5.17. The highest BCUT2D eigenvalue weighted by molar-refractivity contribution is 6.12. The number of aryl methyl sites for hydroxylation is 1. The predicted octanol–water partition coefficient (Wildman–Crippen LogP) is 7.15. The smallest absolute Gasteiger partial charge is 0.133 e. The zero-order valence-electron chi connectivity index (χ0n) is 18.4. The summed E-state index contributed by atoms with van der Waals surface area (Å²) >= 11 is 0. The second kappa shape index (κ2) is 10.4. The van der Waals surface area contributed by atoms with Crippen LogP contribution in [0.25, 0.3) is 16.7 Å². The van der Waals surface area contributed by atoms with Gasteiger partial charge in [-0.2, -0.15) is 0 Å². The van der Waals surface area contributed by atoms with E-state index in [1.54, 1.807) is 6.08 Å². The van der Waals surface area contributed by atoms with E-state index in [0.29, 0.717) is 6.54 Å². The molecule has 2 N–H and O–H groups in total. The van der Waals surface area contributed by atoms with Crippen molar-refractivity contribution in [2.75, 3.05) is 11.9 Å². The number of aliphatic imine (C=N–C) groups is 1. The first-order valence-corrected chi connectivity index (χ1v) is 10.5. The molecule has 0 saturated carbocycles. The summed E-state index contributed by atoms with van der Waals surface area (Å²) in [6, 6.07) is 25.1. The lowest BCUT2D eigenvalue weighted by Gasteiger charge is -2.16. The van der Waals surface area contributed by atoms with E-state index < -0.39 is 0 Å². The van der Waals surface area contributed by atoms with Crippen molar-refractivity contribution in [2.24, 2.45) is 4.99 Å². The van der Waals surface area contributed by atoms with Crippen LogP contribution < -0.4 is 5.32 Å². The van der Waals surface area contributed by atoms with Crippen LogP contribution in [-0.4, -0.2) is 18.6 Å². The van der Waals surface area contributed by atoms with Gasteiger partial charge in [-0.05, 0) is 60.7 Å². The number of allylic oxidation sites excluding steroid dienone is 3. The van der Waals surface area contributed by atoms with Crippen molar-refractivity contribution in [3.8, 4) is 11.1 Å². The summed E-state index contributed by atoms with van der Waals surface area (Å²) in [5.74, 6) is 0.804. The Bertz CT molecular complexity index is 1120. The van der Waals surface area contributed by atoms with Gasteiger partial charge >= 0.3 is 0 Å². The molecule has 3 nitrogen and oxygen atoms in total.